The van der Waals surface area contributed by atoms with Crippen molar-refractivity contribution in [2.45, 2.75) is 64.3 Å². The maximum atomic E-state index is 12.5. The number of phenolic OH excluding ortho intramolecular Hbond substituents is 1. The first-order valence-corrected chi connectivity index (χ1v) is 18.5. The average Bonchev–Trinajstić information content (AvgIpc) is 3.16. The van der Waals surface area contributed by atoms with E-state index in [9.17, 15) is 39.7 Å². The number of hydroxylamine groups is 2. The Morgan fingerprint density at radius 2 is 1.46 bits per heavy atom. The monoisotopic (exact) mass is 787 g/mol. The molecule has 3 aromatic rings. The van der Waals surface area contributed by atoms with Crippen molar-refractivity contribution in [3.8, 4) is 28.2 Å². The van der Waals surface area contributed by atoms with Crippen molar-refractivity contribution in [3.05, 3.63) is 118 Å². The van der Waals surface area contributed by atoms with E-state index in [1.54, 1.807) is 24.3 Å². The van der Waals surface area contributed by atoms with E-state index in [4.69, 9.17) is 16.6 Å². The van der Waals surface area contributed by atoms with Crippen LogP contribution in [0.15, 0.2) is 100 Å². The molecule has 56 heavy (non-hydrogen) atoms. The number of hydrogen-bond acceptors (Lipinski definition) is 9. The first-order valence-electron chi connectivity index (χ1n) is 18.1. The number of aliphatic carboxylic acids is 1. The van der Waals surface area contributed by atoms with Crippen LogP contribution in [0.25, 0.3) is 33.4 Å². The number of carbonyl (C=O) groups is 3. The molecule has 286 valence electrons. The summed E-state index contributed by atoms with van der Waals surface area (Å²) in [5.41, 5.74) is 4.37. The number of carboxylic acids is 2. The van der Waals surface area contributed by atoms with Gasteiger partial charge in [-0.25, -0.2) is 9.86 Å². The van der Waals surface area contributed by atoms with Crippen LogP contribution in [0.5, 0.6) is 5.75 Å². The number of nitrogens with zero attached hydrogens (tertiary/aromatic N) is 1. The third-order valence-corrected chi connectivity index (χ3v) is 9.38. The van der Waals surface area contributed by atoms with Gasteiger partial charge in [0.05, 0.1) is 11.5 Å². The smallest absolute Gasteiger partial charge is 0.545 e. The van der Waals surface area contributed by atoms with Crippen molar-refractivity contribution in [2.24, 2.45) is 0 Å². The number of carbonyl (C=O) groups excluding carboxylic acids is 2. The van der Waals surface area contributed by atoms with Crippen LogP contribution in [0.1, 0.15) is 72.9 Å². The molecular weight excluding hydrogens is 746 g/mol. The fourth-order valence-corrected chi connectivity index (χ4v) is 6.52. The van der Waals surface area contributed by atoms with E-state index in [0.717, 1.165) is 63.0 Å². The molecule has 0 fully saturated rings. The number of aryl methyl sites for hydroxylation is 1. The average molecular weight is 788 g/mol. The Labute approximate surface area is 351 Å². The molecule has 0 bridgehead atoms. The summed E-state index contributed by atoms with van der Waals surface area (Å²) < 4.78 is 5.91. The van der Waals surface area contributed by atoms with Crippen molar-refractivity contribution < 1.29 is 68.9 Å². The van der Waals surface area contributed by atoms with Gasteiger partial charge in [-0.05, 0) is 90.6 Å². The number of hydrogen-bond donors (Lipinski definition) is 5. The summed E-state index contributed by atoms with van der Waals surface area (Å²) >= 11 is 5.52. The molecule has 1 amide bonds. The molecule has 5 N–H and O–H groups in total. The maximum absolute atomic E-state index is 12.5. The predicted molar refractivity (Wildman–Crippen MR) is 211 cm³/mol. The number of aromatic carboxylic acids is 1. The summed E-state index contributed by atoms with van der Waals surface area (Å²) in [6, 6.07) is 22.2. The van der Waals surface area contributed by atoms with Crippen LogP contribution in [-0.4, -0.2) is 50.0 Å². The van der Waals surface area contributed by atoms with Gasteiger partial charge in [-0.3, -0.25) is 14.8 Å². The third-order valence-electron chi connectivity index (χ3n) is 9.13. The van der Waals surface area contributed by atoms with Crippen molar-refractivity contribution in [1.29, 1.82) is 0 Å². The Bertz CT molecular complexity index is 2220. The van der Waals surface area contributed by atoms with Crippen LogP contribution < -0.4 is 50.7 Å². The second-order valence-corrected chi connectivity index (χ2v) is 13.6. The number of anilines is 1. The second-order valence-electron chi connectivity index (χ2n) is 13.2. The van der Waals surface area contributed by atoms with Gasteiger partial charge in [0.1, 0.15) is 17.1 Å². The summed E-state index contributed by atoms with van der Waals surface area (Å²) in [5, 5.41) is 48.0. The van der Waals surface area contributed by atoms with Crippen LogP contribution in [-0.2, 0) is 22.6 Å². The number of nitrogens with one attached hydrogen (secondary N) is 2. The number of carboxylic acid groups (broad SMARTS) is 2. The van der Waals surface area contributed by atoms with Crippen LogP contribution >= 0.6 is 12.2 Å². The minimum absolute atomic E-state index is 0. The van der Waals surface area contributed by atoms with E-state index in [1.807, 2.05) is 0 Å². The molecule has 0 radical (unpaired) electrons. The van der Waals surface area contributed by atoms with Crippen LogP contribution in [0.4, 0.5) is 5.69 Å². The minimum atomic E-state index is -1.49. The fraction of sp³-hybridized carbons (Fsp3) is 0.262. The van der Waals surface area contributed by atoms with Crippen LogP contribution in [0, 0.1) is 0 Å². The molecule has 5 rings (SSSR count). The normalized spacial score (nSPS) is 11.0. The van der Waals surface area contributed by atoms with Gasteiger partial charge in [-0.2, -0.15) is 0 Å². The van der Waals surface area contributed by atoms with E-state index < -0.39 is 17.8 Å². The number of unbranched alkanes of at least 4 members (excludes halogenated alkanes) is 7. The van der Waals surface area contributed by atoms with Gasteiger partial charge in [-0.1, -0.05) is 68.9 Å². The van der Waals surface area contributed by atoms with Crippen molar-refractivity contribution in [2.75, 3.05) is 11.9 Å². The van der Waals surface area contributed by atoms with Crippen molar-refractivity contribution in [3.63, 3.8) is 0 Å². The Hall–Kier alpha value is -5.05. The first kappa shape index (κ1) is 43.7. The van der Waals surface area contributed by atoms with Crippen molar-refractivity contribution >= 4 is 51.8 Å². The van der Waals surface area contributed by atoms with E-state index in [1.165, 1.54) is 35.9 Å². The molecule has 14 heteroatoms. The quantitative estimate of drug-likeness (QED) is 0.0165. The first-order chi connectivity index (χ1) is 26.5. The molecule has 0 unspecified atom stereocenters. The number of rotatable bonds is 18. The van der Waals surface area contributed by atoms with E-state index in [-0.39, 0.29) is 58.6 Å². The maximum Gasteiger partial charge on any atom is 1.00 e. The van der Waals surface area contributed by atoms with Gasteiger partial charge in [0.15, 0.2) is 10.5 Å². The van der Waals surface area contributed by atoms with Gasteiger partial charge in [0.2, 0.25) is 0 Å². The number of aromatic hydroxyl groups is 1. The second kappa shape index (κ2) is 21.3. The van der Waals surface area contributed by atoms with E-state index in [0.29, 0.717) is 62.6 Å². The zero-order chi connectivity index (χ0) is 39.3. The SMILES string of the molecule is O=C([O-])/C=C/C(=O)N(O)CCCCCCCCCCc1ccc(CNC(=S)Nc2ccc(-c3c4ccc(=O)cc-4oc4cc(O)ccc34)c(C(=O)O)c2)cc1.[Na+]. The molecule has 1 aliphatic heterocycles. The number of fused-ring (bicyclic) bond motifs is 2. The van der Waals surface area contributed by atoms with Gasteiger partial charge < -0.3 is 35.2 Å². The topological polar surface area (TPSA) is 192 Å². The number of phenols is 1. The molecule has 2 aliphatic rings. The Morgan fingerprint density at radius 3 is 2.16 bits per heavy atom. The van der Waals surface area contributed by atoms with Gasteiger partial charge in [-0.15, -0.1) is 0 Å². The molecule has 12 nitrogen and oxygen atoms in total. The third kappa shape index (κ3) is 12.5. The van der Waals surface area contributed by atoms with Gasteiger partial charge in [0.25, 0.3) is 5.91 Å². The van der Waals surface area contributed by atoms with Crippen LogP contribution in [0.3, 0.4) is 0 Å². The minimum Gasteiger partial charge on any atom is -0.545 e. The molecule has 0 atom stereocenters. The standard InChI is InChI=1S/C42H43N3O9S.Na/c46-30-15-18-33-36(24-30)54-37-25-31(47)16-19-34(37)40(33)32-17-14-29(23-35(32)41(51)52)44-42(55)43-26-28-12-10-27(11-13-28)9-7-5-3-1-2-4-6-8-22-45(53)38(48)20-21-39(49)50;/h10-21,23-25,46,53H,1-9,22,26H2,(H,49,50)(H,51,52)(H2,43,44,55);/q;+1/p-1/b21-20+;. The Morgan fingerprint density at radius 1 is 0.804 bits per heavy atom. The van der Waals surface area contributed by atoms with Crippen molar-refractivity contribution in [1.82, 2.24) is 10.4 Å². The van der Waals surface area contributed by atoms with E-state index >= 15 is 0 Å². The Kier molecular flexibility index (Phi) is 16.6. The molecule has 3 aromatic carbocycles. The molecule has 1 aliphatic carbocycles. The number of amides is 1. The van der Waals surface area contributed by atoms with Gasteiger partial charge >= 0.3 is 35.5 Å². The summed E-state index contributed by atoms with van der Waals surface area (Å²) in [6.45, 7) is 0.631. The molecule has 0 aromatic heterocycles. The summed E-state index contributed by atoms with van der Waals surface area (Å²) in [6.07, 6.45) is 10.4. The largest absolute Gasteiger partial charge is 1.00 e. The molecule has 0 saturated carbocycles. The molecular formula is C42H42N3NaO9S. The molecule has 1 heterocycles. The molecule has 0 saturated heterocycles. The van der Waals surface area contributed by atoms with Gasteiger partial charge in [0, 0.05) is 53.5 Å². The number of thiocarbonyl (C=S) groups is 1. The Balaban J connectivity index is 0.00000696. The zero-order valence-electron chi connectivity index (χ0n) is 31.1. The summed E-state index contributed by atoms with van der Waals surface area (Å²) in [7, 11) is 0. The van der Waals surface area contributed by atoms with E-state index in [2.05, 4.69) is 34.9 Å². The summed E-state index contributed by atoms with van der Waals surface area (Å²) in [5.74, 6) is -3.17. The predicted octanol–water partition coefficient (Wildman–Crippen LogP) is 3.65. The number of benzene rings is 4. The summed E-state index contributed by atoms with van der Waals surface area (Å²) in [4.78, 5) is 46.5. The zero-order valence-corrected chi connectivity index (χ0v) is 33.9. The fourth-order valence-electron chi connectivity index (χ4n) is 6.33. The van der Waals surface area contributed by atoms with Crippen LogP contribution in [0.2, 0.25) is 0 Å². The molecule has 0 spiro atoms.